The zero-order valence-corrected chi connectivity index (χ0v) is 17.2. The lowest BCUT2D eigenvalue weighted by atomic mass is 10.1. The molecule has 0 radical (unpaired) electrons. The van der Waals surface area contributed by atoms with E-state index >= 15 is 0 Å². The fraction of sp³-hybridized carbons (Fsp3) is 0.474. The highest BCUT2D eigenvalue weighted by Crippen LogP contribution is 2.04. The number of nitrogens with one attached hydrogen (secondary N) is 2. The van der Waals surface area contributed by atoms with Crippen LogP contribution in [0.5, 0.6) is 0 Å². The first-order valence-electron chi connectivity index (χ1n) is 8.69. The minimum atomic E-state index is -0.993. The molecule has 28 heavy (non-hydrogen) atoms. The normalized spacial score (nSPS) is 11.4. The van der Waals surface area contributed by atoms with Gasteiger partial charge in [-0.1, -0.05) is 30.3 Å². The van der Waals surface area contributed by atoms with Crippen LogP contribution in [-0.4, -0.2) is 61.7 Å². The average Bonchev–Trinajstić information content (AvgIpc) is 2.67. The van der Waals surface area contributed by atoms with Crippen LogP contribution in [0.3, 0.4) is 0 Å². The number of Topliss-reactive ketones (excluding diaryl/α,β-unsaturated/α-hetero) is 1. The Labute approximate surface area is 167 Å². The van der Waals surface area contributed by atoms with Gasteiger partial charge in [0.25, 0.3) is 0 Å². The Hall–Kier alpha value is -2.55. The summed E-state index contributed by atoms with van der Waals surface area (Å²) in [4.78, 5) is 47.5. The summed E-state index contributed by atoms with van der Waals surface area (Å²) >= 11 is 0. The van der Waals surface area contributed by atoms with Gasteiger partial charge >= 0.3 is 12.1 Å². The van der Waals surface area contributed by atoms with E-state index in [4.69, 9.17) is 4.74 Å². The Morgan fingerprint density at radius 2 is 1.79 bits per heavy atom. The van der Waals surface area contributed by atoms with E-state index in [1.54, 1.807) is 12.1 Å². The molecule has 0 spiro atoms. The number of esters is 1. The Morgan fingerprint density at radius 3 is 2.39 bits per heavy atom. The first-order valence-corrected chi connectivity index (χ1v) is 10.9. The Morgan fingerprint density at radius 1 is 1.11 bits per heavy atom. The average molecular weight is 412 g/mol. The summed E-state index contributed by atoms with van der Waals surface area (Å²) in [6, 6.07) is 8.10. The van der Waals surface area contributed by atoms with Crippen molar-refractivity contribution in [2.75, 3.05) is 31.9 Å². The van der Waals surface area contributed by atoms with E-state index in [2.05, 4.69) is 15.4 Å². The molecule has 0 aliphatic heterocycles. The molecule has 1 rings (SSSR count). The predicted molar refractivity (Wildman–Crippen MR) is 107 cm³/mol. The number of alkyl carbamates (subject to hydrolysis) is 1. The van der Waals surface area contributed by atoms with Gasteiger partial charge in [0, 0.05) is 6.42 Å². The van der Waals surface area contributed by atoms with Gasteiger partial charge in [0.15, 0.2) is 11.5 Å². The van der Waals surface area contributed by atoms with Gasteiger partial charge in [0.1, 0.15) is 19.2 Å². The van der Waals surface area contributed by atoms with E-state index in [0.717, 1.165) is 5.56 Å². The molecule has 2 N–H and O–H groups in total. The molecule has 0 aliphatic carbocycles. The molecule has 0 saturated carbocycles. The van der Waals surface area contributed by atoms with E-state index in [-0.39, 0.29) is 42.7 Å². The summed E-state index contributed by atoms with van der Waals surface area (Å²) < 4.78 is 9.59. The molecule has 0 aromatic heterocycles. The maximum absolute atomic E-state index is 12.3. The molecule has 0 aliphatic rings. The van der Waals surface area contributed by atoms with Crippen LogP contribution < -0.4 is 10.6 Å². The Balaban J connectivity index is 2.61. The van der Waals surface area contributed by atoms with Gasteiger partial charge in [0.2, 0.25) is 5.91 Å². The minimum Gasteiger partial charge on any atom is -0.468 e. The third kappa shape index (κ3) is 9.96. The molecular weight excluding hydrogens is 384 g/mol. The van der Waals surface area contributed by atoms with Crippen LogP contribution in [0.4, 0.5) is 4.79 Å². The topological polar surface area (TPSA) is 111 Å². The zero-order chi connectivity index (χ0) is 20.9. The molecular formula is C19H27N2O6S+. The maximum atomic E-state index is 12.3. The zero-order valence-electron chi connectivity index (χ0n) is 16.4. The van der Waals surface area contributed by atoms with E-state index in [1.807, 2.05) is 30.7 Å². The van der Waals surface area contributed by atoms with Crippen molar-refractivity contribution in [2.24, 2.45) is 0 Å². The van der Waals surface area contributed by atoms with Crippen LogP contribution in [0.15, 0.2) is 30.3 Å². The summed E-state index contributed by atoms with van der Waals surface area (Å²) in [5.74, 6) is -0.758. The number of hydrogen-bond donors (Lipinski definition) is 2. The Kier molecular flexibility index (Phi) is 10.7. The van der Waals surface area contributed by atoms with Crippen LogP contribution in [-0.2, 0) is 41.4 Å². The molecule has 0 unspecified atom stereocenters. The van der Waals surface area contributed by atoms with Gasteiger partial charge in [0.05, 0.1) is 19.6 Å². The van der Waals surface area contributed by atoms with Gasteiger partial charge < -0.3 is 20.1 Å². The monoisotopic (exact) mass is 411 g/mol. The lowest BCUT2D eigenvalue weighted by molar-refractivity contribution is -0.141. The first kappa shape index (κ1) is 23.5. The molecule has 0 heterocycles. The van der Waals surface area contributed by atoms with Gasteiger partial charge in [-0.05, 0) is 22.9 Å². The van der Waals surface area contributed by atoms with Crippen molar-refractivity contribution in [3.05, 3.63) is 35.9 Å². The van der Waals surface area contributed by atoms with Gasteiger partial charge in [-0.3, -0.25) is 14.4 Å². The lowest BCUT2D eigenvalue weighted by Crippen LogP contribution is -2.48. The number of carbonyl (C=O) groups excluding carboxylic acids is 4. The van der Waals surface area contributed by atoms with Crippen molar-refractivity contribution in [1.29, 1.82) is 0 Å². The van der Waals surface area contributed by atoms with Gasteiger partial charge in [-0.15, -0.1) is 0 Å². The van der Waals surface area contributed by atoms with Crippen molar-refractivity contribution in [1.82, 2.24) is 10.6 Å². The number of ketones is 1. The Bertz CT molecular complexity index is 666. The van der Waals surface area contributed by atoms with Crippen molar-refractivity contribution >= 4 is 34.6 Å². The summed E-state index contributed by atoms with van der Waals surface area (Å²) in [5, 5.41) is 4.85. The molecule has 1 aromatic carbocycles. The predicted octanol–water partition coefficient (Wildman–Crippen LogP) is 0.798. The third-order valence-electron chi connectivity index (χ3n) is 3.62. The van der Waals surface area contributed by atoms with Gasteiger partial charge in [-0.25, -0.2) is 4.79 Å². The number of carbonyl (C=O) groups is 4. The SMILES string of the molecule is COC(=O)CNC(=O)[C@H](CCC(=O)C[S+](C)C)NC(=O)OCc1ccccc1. The third-order valence-corrected chi connectivity index (χ3v) is 4.52. The summed E-state index contributed by atoms with van der Waals surface area (Å²) in [5.41, 5.74) is 0.803. The second-order valence-corrected chi connectivity index (χ2v) is 8.52. The number of amides is 2. The van der Waals surface area contributed by atoms with Crippen LogP contribution in [0.2, 0.25) is 0 Å². The highest BCUT2D eigenvalue weighted by atomic mass is 32.2. The smallest absolute Gasteiger partial charge is 0.408 e. The van der Waals surface area contributed by atoms with E-state index in [9.17, 15) is 19.2 Å². The van der Waals surface area contributed by atoms with Crippen LogP contribution in [0.25, 0.3) is 0 Å². The fourth-order valence-corrected chi connectivity index (χ4v) is 3.02. The summed E-state index contributed by atoms with van der Waals surface area (Å²) in [7, 11) is 1.16. The highest BCUT2D eigenvalue weighted by molar-refractivity contribution is 7.96. The van der Waals surface area contributed by atoms with Crippen molar-refractivity contribution in [2.45, 2.75) is 25.5 Å². The van der Waals surface area contributed by atoms with Crippen LogP contribution in [0.1, 0.15) is 18.4 Å². The number of methoxy groups -OCH3 is 1. The van der Waals surface area contributed by atoms with Gasteiger partial charge in [-0.2, -0.15) is 0 Å². The molecule has 0 fully saturated rings. The first-order chi connectivity index (χ1) is 13.3. The maximum Gasteiger partial charge on any atom is 0.408 e. The molecule has 0 saturated heterocycles. The van der Waals surface area contributed by atoms with E-state index in [0.29, 0.717) is 5.75 Å². The van der Waals surface area contributed by atoms with Crippen molar-refractivity contribution in [3.8, 4) is 0 Å². The largest absolute Gasteiger partial charge is 0.468 e. The fourth-order valence-electron chi connectivity index (χ4n) is 2.23. The number of benzene rings is 1. The summed E-state index contributed by atoms with van der Waals surface area (Å²) in [6.45, 7) is -0.273. The minimum absolute atomic E-state index is 0.0126. The second-order valence-electron chi connectivity index (χ2n) is 6.26. The summed E-state index contributed by atoms with van der Waals surface area (Å²) in [6.07, 6.45) is 3.39. The second kappa shape index (κ2) is 12.8. The highest BCUT2D eigenvalue weighted by Gasteiger charge is 2.24. The van der Waals surface area contributed by atoms with Crippen LogP contribution >= 0.6 is 0 Å². The molecule has 1 aromatic rings. The number of ether oxygens (including phenoxy) is 2. The molecule has 9 heteroatoms. The van der Waals surface area contributed by atoms with Crippen molar-refractivity contribution < 1.29 is 28.7 Å². The molecule has 2 amide bonds. The lowest BCUT2D eigenvalue weighted by Gasteiger charge is -2.17. The van der Waals surface area contributed by atoms with Crippen LogP contribution in [0, 0.1) is 0 Å². The van der Waals surface area contributed by atoms with Crippen molar-refractivity contribution in [3.63, 3.8) is 0 Å². The molecule has 0 bridgehead atoms. The molecule has 8 nitrogen and oxygen atoms in total. The van der Waals surface area contributed by atoms with E-state index < -0.39 is 24.0 Å². The van der Waals surface area contributed by atoms with E-state index in [1.165, 1.54) is 7.11 Å². The number of rotatable bonds is 11. The molecule has 154 valence electrons. The standard InChI is InChI=1S/C19H26N2O6S/c1-26-17(23)11-20-18(24)16(10-9-15(22)13-28(2)3)21-19(25)27-12-14-7-5-4-6-8-14/h4-8,16H,9-13H2,1-3H3,(H-,20,21,24,25)/p+1/t16-/m0/s1. The molecule has 1 atom stereocenters. The number of hydrogen-bond acceptors (Lipinski definition) is 6. The quantitative estimate of drug-likeness (QED) is 0.412.